The molecule has 0 saturated carbocycles. The van der Waals surface area contributed by atoms with Gasteiger partial charge in [0.25, 0.3) is 5.91 Å². The van der Waals surface area contributed by atoms with Crippen LogP contribution in [0.1, 0.15) is 23.6 Å². The molecule has 8 nitrogen and oxygen atoms in total. The number of nitrogens with zero attached hydrogens (tertiary/aromatic N) is 2. The Morgan fingerprint density at radius 3 is 2.56 bits per heavy atom. The van der Waals surface area contributed by atoms with Gasteiger partial charge in [-0.3, -0.25) is 9.59 Å². The highest BCUT2D eigenvalue weighted by atomic mass is 79.9. The number of carbonyl (C=O) groups is 2. The molecular formula is C26H22BrFN4O4. The normalized spacial score (nSPS) is 11.4. The number of rotatable bonds is 9. The minimum Gasteiger partial charge on any atom is -0.493 e. The fourth-order valence-electron chi connectivity index (χ4n) is 2.98. The Balaban J connectivity index is 1.61. The second-order valence-corrected chi connectivity index (χ2v) is 8.41. The summed E-state index contributed by atoms with van der Waals surface area (Å²) >= 11 is 3.46. The van der Waals surface area contributed by atoms with E-state index >= 15 is 0 Å². The maximum Gasteiger partial charge on any atom is 0.252 e. The van der Waals surface area contributed by atoms with Crippen molar-refractivity contribution in [1.82, 2.24) is 5.43 Å². The molecule has 2 N–H and O–H groups in total. The van der Waals surface area contributed by atoms with E-state index in [4.69, 9.17) is 14.7 Å². The van der Waals surface area contributed by atoms with Crippen molar-refractivity contribution < 1.29 is 23.5 Å². The van der Waals surface area contributed by atoms with Gasteiger partial charge in [0.05, 0.1) is 35.1 Å². The number of hydrazone groups is 1. The Labute approximate surface area is 215 Å². The highest BCUT2D eigenvalue weighted by molar-refractivity contribution is 9.10. The quantitative estimate of drug-likeness (QED) is 0.225. The molecule has 0 radical (unpaired) electrons. The van der Waals surface area contributed by atoms with E-state index in [1.807, 2.05) is 0 Å². The zero-order chi connectivity index (χ0) is 26.1. The van der Waals surface area contributed by atoms with Crippen molar-refractivity contribution in [3.8, 4) is 17.6 Å². The topological polar surface area (TPSA) is 113 Å². The summed E-state index contributed by atoms with van der Waals surface area (Å²) in [7, 11) is 1.49. The van der Waals surface area contributed by atoms with E-state index in [9.17, 15) is 14.0 Å². The summed E-state index contributed by atoms with van der Waals surface area (Å²) in [5.74, 6) is -2.12. The van der Waals surface area contributed by atoms with Gasteiger partial charge in [-0.25, -0.2) is 9.82 Å². The van der Waals surface area contributed by atoms with Crippen LogP contribution in [0.2, 0.25) is 0 Å². The average Bonchev–Trinajstić information content (AvgIpc) is 2.88. The second-order valence-electron chi connectivity index (χ2n) is 7.56. The number of carbonyl (C=O) groups excluding carboxylic acids is 2. The lowest BCUT2D eigenvalue weighted by atomic mass is 10.1. The highest BCUT2D eigenvalue weighted by Crippen LogP contribution is 2.36. The van der Waals surface area contributed by atoms with Gasteiger partial charge in [-0.05, 0) is 70.4 Å². The third-order valence-corrected chi connectivity index (χ3v) is 5.61. The number of ether oxygens (including phenoxy) is 2. The molecule has 0 fully saturated rings. The number of halogens is 2. The Kier molecular flexibility index (Phi) is 9.13. The van der Waals surface area contributed by atoms with E-state index in [2.05, 4.69) is 37.8 Å². The lowest BCUT2D eigenvalue weighted by molar-refractivity contribution is -0.131. The highest BCUT2D eigenvalue weighted by Gasteiger charge is 2.22. The zero-order valence-corrected chi connectivity index (χ0v) is 21.0. The second kappa shape index (κ2) is 12.5. The smallest absolute Gasteiger partial charge is 0.252 e. The van der Waals surface area contributed by atoms with Crippen LogP contribution in [-0.4, -0.2) is 25.1 Å². The van der Waals surface area contributed by atoms with E-state index in [0.717, 1.165) is 5.56 Å². The SMILES string of the molecule is COc1cc(C=NNC(=O)C(C)C(=O)Nc2ccccc2F)cc(Br)c1OCc1ccc(C#N)cc1. The Bertz CT molecular complexity index is 1320. The van der Waals surface area contributed by atoms with E-state index < -0.39 is 23.5 Å². The van der Waals surface area contributed by atoms with Crippen LogP contribution in [0.15, 0.2) is 70.2 Å². The molecule has 10 heteroatoms. The van der Waals surface area contributed by atoms with E-state index in [1.165, 1.54) is 38.4 Å². The molecule has 36 heavy (non-hydrogen) atoms. The molecule has 1 atom stereocenters. The Morgan fingerprint density at radius 2 is 1.89 bits per heavy atom. The van der Waals surface area contributed by atoms with Crippen LogP contribution < -0.4 is 20.2 Å². The first kappa shape index (κ1) is 26.4. The summed E-state index contributed by atoms with van der Waals surface area (Å²) in [6.07, 6.45) is 1.39. The van der Waals surface area contributed by atoms with Gasteiger partial charge in [-0.1, -0.05) is 24.3 Å². The molecule has 3 aromatic rings. The van der Waals surface area contributed by atoms with Gasteiger partial charge in [0.2, 0.25) is 5.91 Å². The van der Waals surface area contributed by atoms with Gasteiger partial charge in [-0.15, -0.1) is 0 Å². The molecule has 3 rings (SSSR count). The van der Waals surface area contributed by atoms with Crippen LogP contribution in [0, 0.1) is 23.1 Å². The standard InChI is InChI=1S/C26H22BrFN4O4/c1-16(25(33)31-22-6-4-3-5-21(22)28)26(34)32-30-14-19-11-20(27)24(23(12-19)35-2)36-15-18-9-7-17(13-29)8-10-18/h3-12,14,16H,15H2,1-2H3,(H,31,33)(H,32,34). The first-order chi connectivity index (χ1) is 17.3. The van der Waals surface area contributed by atoms with Gasteiger partial charge in [0, 0.05) is 0 Å². The van der Waals surface area contributed by atoms with Crippen molar-refractivity contribution in [2.75, 3.05) is 12.4 Å². The van der Waals surface area contributed by atoms with Gasteiger partial charge in [-0.2, -0.15) is 10.4 Å². The minimum atomic E-state index is -1.11. The maximum absolute atomic E-state index is 13.7. The fraction of sp³-hybridized carbons (Fsp3) is 0.154. The molecule has 2 amide bonds. The number of nitrogens with one attached hydrogen (secondary N) is 2. The molecule has 0 heterocycles. The van der Waals surface area contributed by atoms with E-state index in [0.29, 0.717) is 27.1 Å². The maximum atomic E-state index is 13.7. The Morgan fingerprint density at radius 1 is 1.17 bits per heavy atom. The van der Waals surface area contributed by atoms with Gasteiger partial charge < -0.3 is 14.8 Å². The van der Waals surface area contributed by atoms with Crippen molar-refractivity contribution >= 4 is 39.6 Å². The van der Waals surface area contributed by atoms with Gasteiger partial charge in [0.15, 0.2) is 11.5 Å². The van der Waals surface area contributed by atoms with Crippen molar-refractivity contribution in [2.45, 2.75) is 13.5 Å². The first-order valence-electron chi connectivity index (χ1n) is 10.7. The molecule has 0 aliphatic rings. The number of hydrogen-bond acceptors (Lipinski definition) is 6. The molecule has 0 aromatic heterocycles. The summed E-state index contributed by atoms with van der Waals surface area (Å²) in [6, 6.07) is 18.2. The minimum absolute atomic E-state index is 0.0101. The molecule has 184 valence electrons. The number of hydrogen-bond donors (Lipinski definition) is 2. The third-order valence-electron chi connectivity index (χ3n) is 5.02. The average molecular weight is 553 g/mol. The van der Waals surface area contributed by atoms with Crippen LogP contribution in [0.3, 0.4) is 0 Å². The Hall–Kier alpha value is -4.23. The molecule has 0 spiro atoms. The molecular weight excluding hydrogens is 531 g/mol. The van der Waals surface area contributed by atoms with Crippen molar-refractivity contribution in [3.05, 3.63) is 87.6 Å². The number of amides is 2. The molecule has 0 aliphatic heterocycles. The first-order valence-corrected chi connectivity index (χ1v) is 11.5. The lowest BCUT2D eigenvalue weighted by Crippen LogP contribution is -2.34. The predicted molar refractivity (Wildman–Crippen MR) is 136 cm³/mol. The monoisotopic (exact) mass is 552 g/mol. The summed E-state index contributed by atoms with van der Waals surface area (Å²) in [5, 5.41) is 15.2. The molecule has 1 unspecified atom stereocenters. The van der Waals surface area contributed by atoms with Crippen molar-refractivity contribution in [2.24, 2.45) is 11.0 Å². The van der Waals surface area contributed by atoms with Crippen molar-refractivity contribution in [1.29, 1.82) is 5.26 Å². The van der Waals surface area contributed by atoms with Crippen molar-refractivity contribution in [3.63, 3.8) is 0 Å². The predicted octanol–water partition coefficient (Wildman–Crippen LogP) is 4.77. The summed E-state index contributed by atoms with van der Waals surface area (Å²) in [5.41, 5.74) is 4.33. The van der Waals surface area contributed by atoms with Crippen LogP contribution in [0.25, 0.3) is 0 Å². The van der Waals surface area contributed by atoms with Crippen LogP contribution >= 0.6 is 15.9 Å². The van der Waals surface area contributed by atoms with E-state index in [1.54, 1.807) is 42.5 Å². The lowest BCUT2D eigenvalue weighted by Gasteiger charge is -2.14. The van der Waals surface area contributed by atoms with E-state index in [-0.39, 0.29) is 12.3 Å². The van der Waals surface area contributed by atoms with Crippen LogP contribution in [-0.2, 0) is 16.2 Å². The van der Waals surface area contributed by atoms with Crippen LogP contribution in [0.4, 0.5) is 10.1 Å². The van der Waals surface area contributed by atoms with Crippen LogP contribution in [0.5, 0.6) is 11.5 Å². The molecule has 0 aliphatic carbocycles. The zero-order valence-electron chi connectivity index (χ0n) is 19.4. The molecule has 0 bridgehead atoms. The number of methoxy groups -OCH3 is 1. The third kappa shape index (κ3) is 6.90. The van der Waals surface area contributed by atoms with Gasteiger partial charge >= 0.3 is 0 Å². The molecule has 0 saturated heterocycles. The number of benzene rings is 3. The summed E-state index contributed by atoms with van der Waals surface area (Å²) < 4.78 is 25.6. The fourth-order valence-corrected chi connectivity index (χ4v) is 3.55. The number of anilines is 1. The summed E-state index contributed by atoms with van der Waals surface area (Å²) in [4.78, 5) is 24.6. The number of para-hydroxylation sites is 1. The van der Waals surface area contributed by atoms with Gasteiger partial charge in [0.1, 0.15) is 18.3 Å². The molecule has 3 aromatic carbocycles. The number of nitriles is 1. The largest absolute Gasteiger partial charge is 0.493 e. The summed E-state index contributed by atoms with van der Waals surface area (Å²) in [6.45, 7) is 1.65.